The predicted octanol–water partition coefficient (Wildman–Crippen LogP) is 2.65. The predicted molar refractivity (Wildman–Crippen MR) is 92.5 cm³/mol. The summed E-state index contributed by atoms with van der Waals surface area (Å²) in [5.41, 5.74) is 0.848. The zero-order chi connectivity index (χ0) is 17.2. The van der Waals surface area contributed by atoms with E-state index in [1.54, 1.807) is 6.07 Å². The van der Waals surface area contributed by atoms with Crippen molar-refractivity contribution in [2.24, 2.45) is 0 Å². The molecule has 0 spiro atoms. The monoisotopic (exact) mass is 375 g/mol. The summed E-state index contributed by atoms with van der Waals surface area (Å²) in [4.78, 5) is 15.9. The van der Waals surface area contributed by atoms with Gasteiger partial charge in [0.25, 0.3) is 5.91 Å². The molecular formula is C17H24ClF2N3O2. The molecule has 0 aromatic carbocycles. The van der Waals surface area contributed by atoms with Crippen molar-refractivity contribution in [2.45, 2.75) is 56.5 Å². The van der Waals surface area contributed by atoms with E-state index in [1.165, 1.54) is 6.20 Å². The third kappa shape index (κ3) is 5.25. The van der Waals surface area contributed by atoms with Gasteiger partial charge in [-0.25, -0.2) is 4.98 Å². The Morgan fingerprint density at radius 3 is 2.88 bits per heavy atom. The summed E-state index contributed by atoms with van der Waals surface area (Å²) in [5, 5.41) is 5.67. The molecule has 2 fully saturated rings. The van der Waals surface area contributed by atoms with Gasteiger partial charge in [0.2, 0.25) is 5.88 Å². The molecule has 1 aliphatic heterocycles. The lowest BCUT2D eigenvalue weighted by molar-refractivity contribution is -0.150. The van der Waals surface area contributed by atoms with Gasteiger partial charge in [-0.2, -0.15) is 8.78 Å². The van der Waals surface area contributed by atoms with Gasteiger partial charge >= 0.3 is 5.92 Å². The Balaban J connectivity index is 0.00000225. The van der Waals surface area contributed by atoms with Crippen molar-refractivity contribution in [3.05, 3.63) is 23.9 Å². The Hall–Kier alpha value is -1.47. The number of carbonyl (C=O) groups excluding carboxylic acids is 1. The standard InChI is InChI=1S/C17H23F2N3O2.ClH/c1-11-9-13(6-8-20-11)22-16(23)17(18,19)10-24-15-14(12-4-5-12)3-2-7-21-15;/h2-3,7,11-13,20H,4-6,8-10H2,1H3,(H,22,23);1H/t11-,13-;/m1./s1. The van der Waals surface area contributed by atoms with Crippen molar-refractivity contribution in [1.29, 1.82) is 0 Å². The van der Waals surface area contributed by atoms with E-state index in [1.807, 2.05) is 13.0 Å². The highest BCUT2D eigenvalue weighted by Crippen LogP contribution is 2.43. The molecule has 0 unspecified atom stereocenters. The highest BCUT2D eigenvalue weighted by molar-refractivity contribution is 5.85. The largest absolute Gasteiger partial charge is 0.470 e. The van der Waals surface area contributed by atoms with E-state index in [0.29, 0.717) is 25.3 Å². The van der Waals surface area contributed by atoms with E-state index in [0.717, 1.165) is 18.4 Å². The second-order valence-corrected chi connectivity index (χ2v) is 6.72. The molecule has 1 aromatic heterocycles. The number of carbonyl (C=O) groups is 1. The lowest BCUT2D eigenvalue weighted by Crippen LogP contribution is -2.52. The maximum absolute atomic E-state index is 14.1. The second kappa shape index (κ2) is 8.27. The number of hydrogen-bond donors (Lipinski definition) is 2. The van der Waals surface area contributed by atoms with Gasteiger partial charge < -0.3 is 15.4 Å². The number of nitrogens with one attached hydrogen (secondary N) is 2. The molecule has 25 heavy (non-hydrogen) atoms. The van der Waals surface area contributed by atoms with Gasteiger partial charge in [0.1, 0.15) is 0 Å². The molecule has 1 aliphatic carbocycles. The highest BCUT2D eigenvalue weighted by Gasteiger charge is 2.42. The lowest BCUT2D eigenvalue weighted by atomic mass is 10.0. The first-order valence-electron chi connectivity index (χ1n) is 8.45. The van der Waals surface area contributed by atoms with Crippen LogP contribution in [-0.4, -0.2) is 42.0 Å². The van der Waals surface area contributed by atoms with Crippen LogP contribution in [0.5, 0.6) is 5.88 Å². The number of ether oxygens (including phenoxy) is 1. The van der Waals surface area contributed by atoms with E-state index in [4.69, 9.17) is 4.74 Å². The topological polar surface area (TPSA) is 63.2 Å². The van der Waals surface area contributed by atoms with Crippen molar-refractivity contribution in [3.8, 4) is 5.88 Å². The van der Waals surface area contributed by atoms with Crippen LogP contribution in [0.15, 0.2) is 18.3 Å². The van der Waals surface area contributed by atoms with Gasteiger partial charge in [-0.3, -0.25) is 4.79 Å². The van der Waals surface area contributed by atoms with E-state index >= 15 is 0 Å². The van der Waals surface area contributed by atoms with Crippen molar-refractivity contribution in [2.75, 3.05) is 13.2 Å². The smallest absolute Gasteiger partial charge is 0.357 e. The number of pyridine rings is 1. The molecule has 1 amide bonds. The Labute approximate surface area is 152 Å². The summed E-state index contributed by atoms with van der Waals surface area (Å²) in [5.74, 6) is -4.30. The van der Waals surface area contributed by atoms with Crippen LogP contribution in [0, 0.1) is 0 Å². The molecule has 1 saturated carbocycles. The Morgan fingerprint density at radius 1 is 1.44 bits per heavy atom. The minimum atomic E-state index is -3.58. The summed E-state index contributed by atoms with van der Waals surface area (Å²) >= 11 is 0. The zero-order valence-corrected chi connectivity index (χ0v) is 15.0. The molecule has 140 valence electrons. The molecule has 2 heterocycles. The summed E-state index contributed by atoms with van der Waals surface area (Å²) in [6.07, 6.45) is 4.85. The molecule has 2 aliphatic rings. The Bertz CT molecular complexity index is 599. The molecule has 2 atom stereocenters. The minimum Gasteiger partial charge on any atom is -0.470 e. The molecule has 0 radical (unpaired) electrons. The molecule has 0 bridgehead atoms. The normalized spacial score (nSPS) is 23.5. The van der Waals surface area contributed by atoms with Gasteiger partial charge in [-0.05, 0) is 51.1 Å². The first kappa shape index (κ1) is 19.8. The summed E-state index contributed by atoms with van der Waals surface area (Å²) in [6, 6.07) is 3.60. The van der Waals surface area contributed by atoms with Crippen LogP contribution < -0.4 is 15.4 Å². The number of amides is 1. The molecule has 5 nitrogen and oxygen atoms in total. The number of nitrogens with zero attached hydrogens (tertiary/aromatic N) is 1. The minimum absolute atomic E-state index is 0. The van der Waals surface area contributed by atoms with Gasteiger partial charge in [-0.1, -0.05) is 6.07 Å². The van der Waals surface area contributed by atoms with Crippen LogP contribution in [0.25, 0.3) is 0 Å². The summed E-state index contributed by atoms with van der Waals surface area (Å²) < 4.78 is 33.4. The molecule has 3 rings (SSSR count). The maximum atomic E-state index is 14.1. The fourth-order valence-corrected chi connectivity index (χ4v) is 3.01. The van der Waals surface area contributed by atoms with Gasteiger partial charge in [0.15, 0.2) is 6.61 Å². The molecule has 8 heteroatoms. The maximum Gasteiger partial charge on any atom is 0.357 e. The van der Waals surface area contributed by atoms with Gasteiger partial charge in [0.05, 0.1) is 0 Å². The number of aromatic nitrogens is 1. The van der Waals surface area contributed by atoms with E-state index in [9.17, 15) is 13.6 Å². The SMILES string of the molecule is C[C@@H]1C[C@H](NC(=O)C(F)(F)COc2ncccc2C2CC2)CCN1.Cl. The second-order valence-electron chi connectivity index (χ2n) is 6.72. The number of hydrogen-bond acceptors (Lipinski definition) is 4. The van der Waals surface area contributed by atoms with Crippen LogP contribution in [-0.2, 0) is 4.79 Å². The number of piperidine rings is 1. The van der Waals surface area contributed by atoms with Crippen LogP contribution in [0.2, 0.25) is 0 Å². The average Bonchev–Trinajstić information content (AvgIpc) is 3.38. The van der Waals surface area contributed by atoms with Gasteiger partial charge in [0, 0.05) is 23.8 Å². The lowest BCUT2D eigenvalue weighted by Gasteiger charge is -2.29. The molecular weight excluding hydrogens is 352 g/mol. The average molecular weight is 376 g/mol. The first-order chi connectivity index (χ1) is 11.5. The van der Waals surface area contributed by atoms with E-state index < -0.39 is 18.4 Å². The highest BCUT2D eigenvalue weighted by atomic mass is 35.5. The first-order valence-corrected chi connectivity index (χ1v) is 8.45. The zero-order valence-electron chi connectivity index (χ0n) is 14.1. The van der Waals surface area contributed by atoms with Crippen molar-refractivity contribution < 1.29 is 18.3 Å². The third-order valence-corrected chi connectivity index (χ3v) is 4.50. The number of rotatable bonds is 6. The molecule has 1 saturated heterocycles. The van der Waals surface area contributed by atoms with E-state index in [2.05, 4.69) is 15.6 Å². The van der Waals surface area contributed by atoms with Crippen molar-refractivity contribution >= 4 is 18.3 Å². The van der Waals surface area contributed by atoms with Crippen molar-refractivity contribution in [1.82, 2.24) is 15.6 Å². The Morgan fingerprint density at radius 2 is 2.20 bits per heavy atom. The van der Waals surface area contributed by atoms with Crippen LogP contribution in [0.1, 0.15) is 44.1 Å². The Kier molecular flexibility index (Phi) is 6.57. The third-order valence-electron chi connectivity index (χ3n) is 4.50. The fourth-order valence-electron chi connectivity index (χ4n) is 3.01. The summed E-state index contributed by atoms with van der Waals surface area (Å²) in [7, 11) is 0. The van der Waals surface area contributed by atoms with Crippen LogP contribution in [0.3, 0.4) is 0 Å². The van der Waals surface area contributed by atoms with Crippen LogP contribution >= 0.6 is 12.4 Å². The quantitative estimate of drug-likeness (QED) is 0.802. The fraction of sp³-hybridized carbons (Fsp3) is 0.647. The number of alkyl halides is 2. The van der Waals surface area contributed by atoms with Crippen LogP contribution in [0.4, 0.5) is 8.78 Å². The van der Waals surface area contributed by atoms with Gasteiger partial charge in [-0.15, -0.1) is 12.4 Å². The van der Waals surface area contributed by atoms with Crippen molar-refractivity contribution in [3.63, 3.8) is 0 Å². The molecule has 2 N–H and O–H groups in total. The molecule has 1 aromatic rings. The van der Waals surface area contributed by atoms with E-state index in [-0.39, 0.29) is 30.4 Å². The number of halogens is 3. The summed E-state index contributed by atoms with van der Waals surface area (Å²) in [6.45, 7) is 1.70.